The second-order valence-electron chi connectivity index (χ2n) is 5.05. The van der Waals surface area contributed by atoms with Crippen LogP contribution in [0.5, 0.6) is 0 Å². The van der Waals surface area contributed by atoms with E-state index in [0.717, 1.165) is 0 Å². The summed E-state index contributed by atoms with van der Waals surface area (Å²) in [6.45, 7) is 3.00. The van der Waals surface area contributed by atoms with Crippen LogP contribution in [0.4, 0.5) is 10.5 Å². The lowest BCUT2D eigenvalue weighted by molar-refractivity contribution is -0.385. The molecule has 1 aromatic carbocycles. The van der Waals surface area contributed by atoms with Crippen LogP contribution in [0.25, 0.3) is 0 Å². The molecule has 3 amide bonds. The molecule has 130 valence electrons. The van der Waals surface area contributed by atoms with Crippen molar-refractivity contribution >= 4 is 23.6 Å². The molecule has 0 radical (unpaired) electrons. The third-order valence-electron chi connectivity index (χ3n) is 3.13. The molecule has 0 aromatic heterocycles. The van der Waals surface area contributed by atoms with Gasteiger partial charge in [0.2, 0.25) is 0 Å². The number of urea groups is 1. The predicted molar refractivity (Wildman–Crippen MR) is 84.2 cm³/mol. The van der Waals surface area contributed by atoms with E-state index >= 15 is 0 Å². The number of carbonyl (C=O) groups excluding carboxylic acids is 3. The van der Waals surface area contributed by atoms with E-state index in [2.05, 4.69) is 5.32 Å². The Morgan fingerprint density at radius 3 is 2.58 bits per heavy atom. The summed E-state index contributed by atoms with van der Waals surface area (Å²) in [5.74, 6) is -1.59. The number of amides is 3. The van der Waals surface area contributed by atoms with Gasteiger partial charge in [-0.05, 0) is 13.3 Å². The van der Waals surface area contributed by atoms with Crippen LogP contribution in [0.15, 0.2) is 24.3 Å². The van der Waals surface area contributed by atoms with Crippen LogP contribution in [0.3, 0.4) is 0 Å². The summed E-state index contributed by atoms with van der Waals surface area (Å²) >= 11 is 0. The zero-order valence-corrected chi connectivity index (χ0v) is 13.4. The second kappa shape index (κ2) is 9.23. The number of benzene rings is 1. The largest absolute Gasteiger partial charge is 0.455 e. The Morgan fingerprint density at radius 2 is 1.96 bits per heavy atom. The summed E-state index contributed by atoms with van der Waals surface area (Å²) in [5, 5.41) is 15.4. The highest BCUT2D eigenvalue weighted by Crippen LogP contribution is 2.18. The fraction of sp³-hybridized carbons (Fsp3) is 0.400. The summed E-state index contributed by atoms with van der Waals surface area (Å²) in [5.41, 5.74) is -0.0192. The maximum absolute atomic E-state index is 11.7. The molecule has 9 nitrogen and oxygen atoms in total. The molecule has 0 aliphatic carbocycles. The summed E-state index contributed by atoms with van der Waals surface area (Å²) in [7, 11) is 0. The average molecular weight is 337 g/mol. The van der Waals surface area contributed by atoms with E-state index in [4.69, 9.17) is 4.74 Å². The third kappa shape index (κ3) is 6.42. The van der Waals surface area contributed by atoms with E-state index < -0.39 is 29.4 Å². The molecule has 0 saturated carbocycles. The molecule has 0 unspecified atom stereocenters. The molecule has 0 heterocycles. The predicted octanol–water partition coefficient (Wildman–Crippen LogP) is 1.30. The molecule has 9 heteroatoms. The molecular formula is C15H19N3O6. The van der Waals surface area contributed by atoms with Crippen LogP contribution in [0.2, 0.25) is 0 Å². The molecule has 0 saturated heterocycles. The molecule has 24 heavy (non-hydrogen) atoms. The fourth-order valence-electron chi connectivity index (χ4n) is 1.72. The number of hydrogen-bond donors (Lipinski definition) is 2. The molecule has 0 fully saturated rings. The minimum absolute atomic E-state index is 0.0982. The van der Waals surface area contributed by atoms with E-state index in [1.54, 1.807) is 13.0 Å². The van der Waals surface area contributed by atoms with E-state index in [0.29, 0.717) is 6.42 Å². The topological polar surface area (TPSA) is 128 Å². The lowest BCUT2D eigenvalue weighted by Crippen LogP contribution is -2.44. The van der Waals surface area contributed by atoms with Crippen molar-refractivity contribution in [1.29, 1.82) is 0 Å². The maximum atomic E-state index is 11.7. The number of hydrogen-bond acceptors (Lipinski definition) is 6. The van der Waals surface area contributed by atoms with Crippen molar-refractivity contribution in [3.05, 3.63) is 39.9 Å². The zero-order chi connectivity index (χ0) is 18.1. The van der Waals surface area contributed by atoms with E-state index in [1.807, 2.05) is 12.2 Å². The van der Waals surface area contributed by atoms with Gasteiger partial charge in [-0.1, -0.05) is 25.1 Å². The van der Waals surface area contributed by atoms with E-state index in [-0.39, 0.29) is 23.7 Å². The number of nitrogens with one attached hydrogen (secondary N) is 2. The van der Waals surface area contributed by atoms with Crippen LogP contribution < -0.4 is 10.6 Å². The van der Waals surface area contributed by atoms with Gasteiger partial charge in [0.05, 0.1) is 11.3 Å². The molecule has 1 rings (SSSR count). The number of carbonyl (C=O) groups is 3. The van der Waals surface area contributed by atoms with E-state index in [1.165, 1.54) is 18.2 Å². The Hall–Kier alpha value is -2.97. The second-order valence-corrected chi connectivity index (χ2v) is 5.05. The number of nitrogens with zero attached hydrogens (tertiary/aromatic N) is 1. The van der Waals surface area contributed by atoms with Gasteiger partial charge in [0.15, 0.2) is 6.61 Å². The molecule has 1 atom stereocenters. The SMILES string of the molecule is CC[C@H](C)NC(=O)NC(=O)COC(=O)Cc1ccccc1[N+](=O)[O-]. The zero-order valence-electron chi connectivity index (χ0n) is 13.4. The number of nitro benzene ring substituents is 1. The minimum atomic E-state index is -0.804. The maximum Gasteiger partial charge on any atom is 0.321 e. The number of esters is 1. The Bertz CT molecular complexity index is 631. The van der Waals surface area contributed by atoms with Crippen molar-refractivity contribution in [2.24, 2.45) is 0 Å². The summed E-state index contributed by atoms with van der Waals surface area (Å²) < 4.78 is 4.72. The number of para-hydroxylation sites is 1. The van der Waals surface area contributed by atoms with Gasteiger partial charge in [0.1, 0.15) is 0 Å². The van der Waals surface area contributed by atoms with Crippen molar-refractivity contribution in [3.8, 4) is 0 Å². The monoisotopic (exact) mass is 337 g/mol. The van der Waals surface area contributed by atoms with Crippen LogP contribution in [0, 0.1) is 10.1 Å². The fourth-order valence-corrected chi connectivity index (χ4v) is 1.72. The lowest BCUT2D eigenvalue weighted by Gasteiger charge is -2.11. The molecule has 1 aromatic rings. The highest BCUT2D eigenvalue weighted by atomic mass is 16.6. The smallest absolute Gasteiger partial charge is 0.321 e. The van der Waals surface area contributed by atoms with Gasteiger partial charge in [-0.15, -0.1) is 0 Å². The summed E-state index contributed by atoms with van der Waals surface area (Å²) in [6.07, 6.45) is 0.357. The van der Waals surface area contributed by atoms with Gasteiger partial charge in [-0.25, -0.2) is 4.79 Å². The number of nitro groups is 1. The normalized spacial score (nSPS) is 11.2. The minimum Gasteiger partial charge on any atom is -0.455 e. The summed E-state index contributed by atoms with van der Waals surface area (Å²) in [4.78, 5) is 44.8. The van der Waals surface area contributed by atoms with Crippen molar-refractivity contribution in [2.45, 2.75) is 32.7 Å². The number of imide groups is 1. The third-order valence-corrected chi connectivity index (χ3v) is 3.13. The molecule has 0 bridgehead atoms. The van der Waals surface area contributed by atoms with Crippen LogP contribution in [0.1, 0.15) is 25.8 Å². The van der Waals surface area contributed by atoms with Crippen LogP contribution >= 0.6 is 0 Å². The first-order chi connectivity index (χ1) is 11.3. The van der Waals surface area contributed by atoms with Gasteiger partial charge >= 0.3 is 12.0 Å². The average Bonchev–Trinajstić information content (AvgIpc) is 2.53. The highest BCUT2D eigenvalue weighted by molar-refractivity contribution is 5.95. The molecule has 0 aliphatic rings. The van der Waals surface area contributed by atoms with Crippen molar-refractivity contribution < 1.29 is 24.0 Å². The molecule has 0 spiro atoms. The van der Waals surface area contributed by atoms with Crippen LogP contribution in [-0.2, 0) is 20.7 Å². The number of ether oxygens (including phenoxy) is 1. The Labute approximate surface area is 138 Å². The summed E-state index contributed by atoms with van der Waals surface area (Å²) in [6, 6.07) is 4.97. The van der Waals surface area contributed by atoms with Gasteiger partial charge in [0.25, 0.3) is 11.6 Å². The van der Waals surface area contributed by atoms with Gasteiger partial charge in [0, 0.05) is 17.7 Å². The Kier molecular flexibility index (Phi) is 7.34. The standard InChI is InChI=1S/C15H19N3O6/c1-3-10(2)16-15(21)17-13(19)9-24-14(20)8-11-6-4-5-7-12(11)18(22)23/h4-7,10H,3,8-9H2,1-2H3,(H2,16,17,19,21)/t10-/m0/s1. The highest BCUT2D eigenvalue weighted by Gasteiger charge is 2.17. The van der Waals surface area contributed by atoms with Gasteiger partial charge in [-0.2, -0.15) is 0 Å². The number of rotatable bonds is 7. The van der Waals surface area contributed by atoms with Crippen LogP contribution in [-0.4, -0.2) is 35.5 Å². The molecule has 2 N–H and O–H groups in total. The van der Waals surface area contributed by atoms with Gasteiger partial charge in [-0.3, -0.25) is 25.0 Å². The van der Waals surface area contributed by atoms with Crippen molar-refractivity contribution in [1.82, 2.24) is 10.6 Å². The van der Waals surface area contributed by atoms with Crippen molar-refractivity contribution in [3.63, 3.8) is 0 Å². The Morgan fingerprint density at radius 1 is 1.29 bits per heavy atom. The van der Waals surface area contributed by atoms with Crippen molar-refractivity contribution in [2.75, 3.05) is 6.61 Å². The quantitative estimate of drug-likeness (QED) is 0.438. The van der Waals surface area contributed by atoms with E-state index in [9.17, 15) is 24.5 Å². The molecular weight excluding hydrogens is 318 g/mol. The first-order valence-corrected chi connectivity index (χ1v) is 7.31. The first kappa shape index (κ1) is 19.1. The Balaban J connectivity index is 2.45. The first-order valence-electron chi connectivity index (χ1n) is 7.31. The lowest BCUT2D eigenvalue weighted by atomic mass is 10.1. The molecule has 0 aliphatic heterocycles. The van der Waals surface area contributed by atoms with Gasteiger partial charge < -0.3 is 10.1 Å².